The highest BCUT2D eigenvalue weighted by atomic mass is 16.5. The van der Waals surface area contributed by atoms with Crippen LogP contribution in [-0.4, -0.2) is 12.7 Å². The second-order valence-electron chi connectivity index (χ2n) is 4.71. The molecule has 2 rings (SSSR count). The van der Waals surface area contributed by atoms with Gasteiger partial charge in [0.1, 0.15) is 12.4 Å². The number of ether oxygens (including phenoxy) is 2. The van der Waals surface area contributed by atoms with Gasteiger partial charge in [0, 0.05) is 17.2 Å². The maximum absolute atomic E-state index is 11.0. The number of benzene rings is 2. The van der Waals surface area contributed by atoms with Crippen molar-refractivity contribution in [2.75, 3.05) is 6.73 Å². The lowest BCUT2D eigenvalue weighted by Gasteiger charge is -2.02. The molecule has 4 heteroatoms. The maximum Gasteiger partial charge on any atom is 0.357 e. The van der Waals surface area contributed by atoms with Crippen LogP contribution in [0.3, 0.4) is 0 Å². The van der Waals surface area contributed by atoms with E-state index in [1.807, 2.05) is 36.4 Å². The molecule has 2 aromatic carbocycles. The third-order valence-electron chi connectivity index (χ3n) is 3.00. The number of carbonyl (C=O) groups excluding carboxylic acids is 1. The van der Waals surface area contributed by atoms with Gasteiger partial charge >= 0.3 is 12.7 Å². The minimum absolute atomic E-state index is 0.0134. The normalized spacial score (nSPS) is 9.12. The first-order valence-electron chi connectivity index (χ1n) is 7.17. The quantitative estimate of drug-likeness (QED) is 0.366. The van der Waals surface area contributed by atoms with E-state index in [0.29, 0.717) is 5.75 Å². The first-order chi connectivity index (χ1) is 11.7. The zero-order chi connectivity index (χ0) is 17.2. The zero-order valence-corrected chi connectivity index (χ0v) is 13.0. The van der Waals surface area contributed by atoms with Crippen molar-refractivity contribution in [3.8, 4) is 17.6 Å². The lowest BCUT2D eigenvalue weighted by Crippen LogP contribution is -1.99. The molecular weight excluding hydrogens is 302 g/mol. The van der Waals surface area contributed by atoms with Crippen molar-refractivity contribution in [2.24, 2.45) is 0 Å². The van der Waals surface area contributed by atoms with E-state index in [-0.39, 0.29) is 13.3 Å². The summed E-state index contributed by atoms with van der Waals surface area (Å²) in [6, 6.07) is 14.7. The molecule has 0 fully saturated rings. The van der Waals surface area contributed by atoms with Crippen molar-refractivity contribution in [1.82, 2.24) is 0 Å². The molecule has 0 aliphatic rings. The molecule has 0 radical (unpaired) electrons. The van der Waals surface area contributed by atoms with Crippen molar-refractivity contribution >= 4 is 5.97 Å². The van der Waals surface area contributed by atoms with Gasteiger partial charge < -0.3 is 9.47 Å². The molecule has 118 valence electrons. The van der Waals surface area contributed by atoms with E-state index >= 15 is 0 Å². The highest BCUT2D eigenvalue weighted by molar-refractivity contribution is 5.81. The summed E-state index contributed by atoms with van der Waals surface area (Å²) in [6.45, 7) is 10.2. The highest BCUT2D eigenvalue weighted by Crippen LogP contribution is 2.12. The minimum atomic E-state index is -0.442. The highest BCUT2D eigenvalue weighted by Gasteiger charge is 1.98. The first-order valence-corrected chi connectivity index (χ1v) is 7.17. The van der Waals surface area contributed by atoms with Crippen LogP contribution in [0.4, 0.5) is 0 Å². The van der Waals surface area contributed by atoms with Gasteiger partial charge in [-0.05, 0) is 42.0 Å². The molecule has 0 bridgehead atoms. The Balaban J connectivity index is 1.96. The van der Waals surface area contributed by atoms with E-state index in [2.05, 4.69) is 23.3 Å². The van der Waals surface area contributed by atoms with Crippen LogP contribution in [0.2, 0.25) is 0 Å². The minimum Gasteiger partial charge on any atom is -0.458 e. The average Bonchev–Trinajstić information content (AvgIpc) is 2.64. The van der Waals surface area contributed by atoms with Crippen LogP contribution in [0.25, 0.3) is 4.85 Å². The standard InChI is InChI=1S/C20H15NO3/c1-3-20(22)23-14-18-8-6-16(7-9-18)4-5-17-10-12-19(13-11-17)24-15-21-2/h3,6-13H,1,14-15H2. The molecule has 0 amide bonds. The number of hydrogen-bond acceptors (Lipinski definition) is 3. The average molecular weight is 317 g/mol. The molecule has 0 aliphatic heterocycles. The van der Waals surface area contributed by atoms with Crippen molar-refractivity contribution in [3.05, 3.63) is 89.3 Å². The monoisotopic (exact) mass is 317 g/mol. The van der Waals surface area contributed by atoms with E-state index in [1.54, 1.807) is 12.1 Å². The van der Waals surface area contributed by atoms with Gasteiger partial charge in [-0.15, -0.1) is 0 Å². The molecule has 0 saturated carbocycles. The predicted molar refractivity (Wildman–Crippen MR) is 91.0 cm³/mol. The Bertz CT molecular complexity index is 803. The van der Waals surface area contributed by atoms with Gasteiger partial charge in [0.15, 0.2) is 0 Å². The van der Waals surface area contributed by atoms with Gasteiger partial charge in [-0.1, -0.05) is 30.6 Å². The Morgan fingerprint density at radius 2 is 1.67 bits per heavy atom. The molecule has 0 aliphatic carbocycles. The number of rotatable bonds is 5. The summed E-state index contributed by atoms with van der Waals surface area (Å²) in [5.41, 5.74) is 2.60. The fourth-order valence-electron chi connectivity index (χ4n) is 1.78. The Hall–Kier alpha value is -3.50. The Morgan fingerprint density at radius 1 is 1.08 bits per heavy atom. The third-order valence-corrected chi connectivity index (χ3v) is 3.00. The number of hydrogen-bond donors (Lipinski definition) is 0. The topological polar surface area (TPSA) is 39.9 Å². The molecule has 0 saturated heterocycles. The van der Waals surface area contributed by atoms with Crippen molar-refractivity contribution in [1.29, 1.82) is 0 Å². The molecule has 24 heavy (non-hydrogen) atoms. The molecule has 0 aromatic heterocycles. The summed E-state index contributed by atoms with van der Waals surface area (Å²) in [6.07, 6.45) is 1.14. The van der Waals surface area contributed by atoms with Crippen LogP contribution in [0.1, 0.15) is 16.7 Å². The van der Waals surface area contributed by atoms with Gasteiger partial charge in [0.05, 0.1) is 0 Å². The van der Waals surface area contributed by atoms with Crippen LogP contribution in [0.15, 0.2) is 61.2 Å². The van der Waals surface area contributed by atoms with Crippen LogP contribution >= 0.6 is 0 Å². The van der Waals surface area contributed by atoms with Gasteiger partial charge in [-0.2, -0.15) is 0 Å². The second-order valence-corrected chi connectivity index (χ2v) is 4.71. The molecular formula is C20H15NO3. The predicted octanol–water partition coefficient (Wildman–Crippen LogP) is 3.57. The molecule has 2 aromatic rings. The lowest BCUT2D eigenvalue weighted by molar-refractivity contribution is -0.138. The molecule has 4 nitrogen and oxygen atoms in total. The fourth-order valence-corrected chi connectivity index (χ4v) is 1.78. The summed E-state index contributed by atoms with van der Waals surface area (Å²) in [4.78, 5) is 14.1. The lowest BCUT2D eigenvalue weighted by atomic mass is 10.1. The Labute approximate surface area is 141 Å². The van der Waals surface area contributed by atoms with Gasteiger partial charge in [-0.3, -0.25) is 4.85 Å². The maximum atomic E-state index is 11.0. The van der Waals surface area contributed by atoms with Gasteiger partial charge in [0.2, 0.25) is 0 Å². The van der Waals surface area contributed by atoms with Crippen molar-refractivity contribution in [2.45, 2.75) is 6.61 Å². The Morgan fingerprint density at radius 3 is 2.21 bits per heavy atom. The number of esters is 1. The van der Waals surface area contributed by atoms with Gasteiger partial charge in [0.25, 0.3) is 0 Å². The summed E-state index contributed by atoms with van der Waals surface area (Å²) >= 11 is 0. The van der Waals surface area contributed by atoms with Crippen LogP contribution in [-0.2, 0) is 16.1 Å². The number of carbonyl (C=O) groups is 1. The zero-order valence-electron chi connectivity index (χ0n) is 13.0. The summed E-state index contributed by atoms with van der Waals surface area (Å²) in [7, 11) is 0. The van der Waals surface area contributed by atoms with E-state index in [4.69, 9.17) is 16.0 Å². The summed E-state index contributed by atoms with van der Waals surface area (Å²) in [5.74, 6) is 6.33. The van der Waals surface area contributed by atoms with Crippen molar-refractivity contribution in [3.63, 3.8) is 0 Å². The van der Waals surface area contributed by atoms with Crippen molar-refractivity contribution < 1.29 is 14.3 Å². The fraction of sp³-hybridized carbons (Fsp3) is 0.100. The molecule has 0 heterocycles. The van der Waals surface area contributed by atoms with E-state index < -0.39 is 5.97 Å². The molecule has 0 unspecified atom stereocenters. The molecule has 0 spiro atoms. The molecule has 0 atom stereocenters. The first kappa shape index (κ1) is 16.9. The summed E-state index contributed by atoms with van der Waals surface area (Å²) < 4.78 is 10.2. The van der Waals surface area contributed by atoms with E-state index in [0.717, 1.165) is 22.8 Å². The van der Waals surface area contributed by atoms with Crippen LogP contribution in [0.5, 0.6) is 5.75 Å². The van der Waals surface area contributed by atoms with E-state index in [1.165, 1.54) is 0 Å². The third kappa shape index (κ3) is 5.36. The van der Waals surface area contributed by atoms with Crippen LogP contribution < -0.4 is 4.74 Å². The largest absolute Gasteiger partial charge is 0.458 e. The Kier molecular flexibility index (Phi) is 6.20. The SMILES string of the molecule is [C-]#[N+]COc1ccc(C#Cc2ccc(COC(=O)C=C)cc2)cc1. The van der Waals surface area contributed by atoms with Crippen LogP contribution in [0, 0.1) is 18.4 Å². The smallest absolute Gasteiger partial charge is 0.357 e. The molecule has 0 N–H and O–H groups in total. The van der Waals surface area contributed by atoms with Gasteiger partial charge in [-0.25, -0.2) is 11.4 Å². The second kappa shape index (κ2) is 8.82. The number of nitrogens with zero attached hydrogens (tertiary/aromatic N) is 1. The van der Waals surface area contributed by atoms with E-state index in [9.17, 15) is 4.79 Å². The summed E-state index contributed by atoms with van der Waals surface area (Å²) in [5, 5.41) is 0.